The third-order valence-electron chi connectivity index (χ3n) is 4.33. The molecule has 0 aromatic rings. The van der Waals surface area contributed by atoms with Crippen LogP contribution in [0.1, 0.15) is 38.5 Å². The number of rotatable bonds is 4. The lowest BCUT2D eigenvalue weighted by Crippen LogP contribution is -2.45. The van der Waals surface area contributed by atoms with Gasteiger partial charge < -0.3 is 15.0 Å². The minimum Gasteiger partial charge on any atom is -0.368 e. The van der Waals surface area contributed by atoms with Gasteiger partial charge in [-0.05, 0) is 57.5 Å². The Morgan fingerprint density at radius 1 is 1.22 bits per heavy atom. The molecule has 1 saturated carbocycles. The van der Waals surface area contributed by atoms with Crippen molar-refractivity contribution in [2.24, 2.45) is 5.92 Å². The van der Waals surface area contributed by atoms with Crippen molar-refractivity contribution in [3.63, 3.8) is 0 Å². The van der Waals surface area contributed by atoms with Crippen LogP contribution in [0.15, 0.2) is 0 Å². The molecule has 2 aliphatic heterocycles. The number of carbonyl (C=O) groups excluding carboxylic acids is 1. The van der Waals surface area contributed by atoms with E-state index in [9.17, 15) is 4.79 Å². The zero-order chi connectivity index (χ0) is 12.4. The van der Waals surface area contributed by atoms with Crippen LogP contribution in [0.4, 0.5) is 0 Å². The van der Waals surface area contributed by atoms with Crippen LogP contribution in [0.3, 0.4) is 0 Å². The van der Waals surface area contributed by atoms with Gasteiger partial charge in [0.1, 0.15) is 6.10 Å². The Balaban J connectivity index is 1.58. The van der Waals surface area contributed by atoms with E-state index in [1.807, 2.05) is 0 Å². The van der Waals surface area contributed by atoms with Crippen LogP contribution < -0.4 is 5.32 Å². The first-order chi connectivity index (χ1) is 8.84. The Bertz CT molecular complexity index is 292. The molecule has 2 heterocycles. The van der Waals surface area contributed by atoms with Crippen molar-refractivity contribution in [2.45, 2.75) is 50.7 Å². The molecule has 0 aromatic carbocycles. The molecule has 1 aliphatic carbocycles. The highest BCUT2D eigenvalue weighted by Gasteiger charge is 2.38. The Kier molecular flexibility index (Phi) is 3.85. The van der Waals surface area contributed by atoms with Crippen molar-refractivity contribution in [1.82, 2.24) is 10.2 Å². The molecule has 0 aromatic heterocycles. The van der Waals surface area contributed by atoms with Gasteiger partial charge in [-0.3, -0.25) is 4.79 Å². The zero-order valence-electron chi connectivity index (χ0n) is 11.1. The fraction of sp³-hybridized carbons (Fsp3) is 0.929. The first-order valence-corrected chi connectivity index (χ1v) is 7.47. The summed E-state index contributed by atoms with van der Waals surface area (Å²) in [6.07, 6.45) is 6.72. The van der Waals surface area contributed by atoms with E-state index in [1.165, 1.54) is 25.7 Å². The molecular formula is C14H24N2O2. The number of amides is 1. The molecule has 3 fully saturated rings. The molecule has 1 amide bonds. The highest BCUT2D eigenvalue weighted by Crippen LogP contribution is 2.30. The van der Waals surface area contributed by atoms with E-state index < -0.39 is 0 Å². The number of piperidine rings is 1. The Morgan fingerprint density at radius 2 is 2.11 bits per heavy atom. The SMILES string of the molecule is O=C(C1CCCO1)N(CC1CCCNC1)C1CC1. The molecule has 0 spiro atoms. The Labute approximate surface area is 109 Å². The molecule has 0 bridgehead atoms. The minimum absolute atomic E-state index is 0.137. The summed E-state index contributed by atoms with van der Waals surface area (Å²) >= 11 is 0. The second kappa shape index (κ2) is 5.57. The maximum absolute atomic E-state index is 12.5. The summed E-state index contributed by atoms with van der Waals surface area (Å²) in [6.45, 7) is 3.91. The minimum atomic E-state index is -0.137. The van der Waals surface area contributed by atoms with Crippen LogP contribution in [-0.4, -0.2) is 49.2 Å². The van der Waals surface area contributed by atoms with Crippen LogP contribution in [-0.2, 0) is 9.53 Å². The quantitative estimate of drug-likeness (QED) is 0.816. The average Bonchev–Trinajstić information content (AvgIpc) is 3.10. The third kappa shape index (κ3) is 2.86. The van der Waals surface area contributed by atoms with E-state index >= 15 is 0 Å². The van der Waals surface area contributed by atoms with E-state index in [0.717, 1.165) is 39.1 Å². The van der Waals surface area contributed by atoms with E-state index in [-0.39, 0.29) is 12.0 Å². The van der Waals surface area contributed by atoms with Crippen molar-refractivity contribution >= 4 is 5.91 Å². The second-order valence-corrected chi connectivity index (χ2v) is 5.94. The lowest BCUT2D eigenvalue weighted by molar-refractivity contribution is -0.142. The number of hydrogen-bond donors (Lipinski definition) is 1. The van der Waals surface area contributed by atoms with Gasteiger partial charge in [0.05, 0.1) is 0 Å². The molecule has 2 unspecified atom stereocenters. The highest BCUT2D eigenvalue weighted by molar-refractivity contribution is 5.81. The molecule has 4 nitrogen and oxygen atoms in total. The van der Waals surface area contributed by atoms with Gasteiger partial charge in [0.2, 0.25) is 0 Å². The van der Waals surface area contributed by atoms with Gasteiger partial charge >= 0.3 is 0 Å². The molecule has 102 valence electrons. The number of nitrogens with zero attached hydrogens (tertiary/aromatic N) is 1. The topological polar surface area (TPSA) is 41.6 Å². The van der Waals surface area contributed by atoms with Crippen LogP contribution >= 0.6 is 0 Å². The molecule has 4 heteroatoms. The standard InChI is InChI=1S/C14H24N2O2/c17-14(13-4-2-8-18-13)16(12-5-6-12)10-11-3-1-7-15-9-11/h11-13,15H,1-10H2. The third-order valence-corrected chi connectivity index (χ3v) is 4.33. The van der Waals surface area contributed by atoms with Gasteiger partial charge in [0, 0.05) is 19.2 Å². The van der Waals surface area contributed by atoms with Gasteiger partial charge in [-0.2, -0.15) is 0 Å². The molecule has 2 atom stereocenters. The molecule has 1 N–H and O–H groups in total. The molecule has 3 aliphatic rings. The van der Waals surface area contributed by atoms with E-state index in [4.69, 9.17) is 4.74 Å². The lowest BCUT2D eigenvalue weighted by atomic mass is 9.98. The molecule has 0 radical (unpaired) electrons. The Morgan fingerprint density at radius 3 is 2.72 bits per heavy atom. The second-order valence-electron chi connectivity index (χ2n) is 5.94. The maximum atomic E-state index is 12.5. The molecular weight excluding hydrogens is 228 g/mol. The monoisotopic (exact) mass is 252 g/mol. The number of carbonyl (C=O) groups is 1. The van der Waals surface area contributed by atoms with Gasteiger partial charge in [0.25, 0.3) is 5.91 Å². The summed E-state index contributed by atoms with van der Waals surface area (Å²) in [5, 5.41) is 3.44. The van der Waals surface area contributed by atoms with E-state index in [0.29, 0.717) is 12.0 Å². The van der Waals surface area contributed by atoms with Gasteiger partial charge in [-0.15, -0.1) is 0 Å². The Hall–Kier alpha value is -0.610. The number of nitrogens with one attached hydrogen (secondary N) is 1. The predicted octanol–water partition coefficient (Wildman–Crippen LogP) is 1.16. The largest absolute Gasteiger partial charge is 0.368 e. The lowest BCUT2D eigenvalue weighted by Gasteiger charge is -2.31. The number of hydrogen-bond acceptors (Lipinski definition) is 3. The molecule has 2 saturated heterocycles. The summed E-state index contributed by atoms with van der Waals surface area (Å²) in [6, 6.07) is 0.517. The van der Waals surface area contributed by atoms with Gasteiger partial charge in [-0.25, -0.2) is 0 Å². The van der Waals surface area contributed by atoms with E-state index in [1.54, 1.807) is 0 Å². The van der Waals surface area contributed by atoms with Gasteiger partial charge in [-0.1, -0.05) is 0 Å². The fourth-order valence-electron chi connectivity index (χ4n) is 3.12. The predicted molar refractivity (Wildman–Crippen MR) is 69.3 cm³/mol. The van der Waals surface area contributed by atoms with Crippen molar-refractivity contribution < 1.29 is 9.53 Å². The van der Waals surface area contributed by atoms with Crippen molar-refractivity contribution in [3.8, 4) is 0 Å². The van der Waals surface area contributed by atoms with E-state index in [2.05, 4.69) is 10.2 Å². The van der Waals surface area contributed by atoms with Crippen molar-refractivity contribution in [1.29, 1.82) is 0 Å². The normalized spacial score (nSPS) is 32.4. The van der Waals surface area contributed by atoms with Crippen LogP contribution in [0.2, 0.25) is 0 Å². The summed E-state index contributed by atoms with van der Waals surface area (Å²) in [4.78, 5) is 14.6. The van der Waals surface area contributed by atoms with Crippen molar-refractivity contribution in [2.75, 3.05) is 26.2 Å². The van der Waals surface area contributed by atoms with Gasteiger partial charge in [0.15, 0.2) is 0 Å². The highest BCUT2D eigenvalue weighted by atomic mass is 16.5. The molecule has 3 rings (SSSR count). The fourth-order valence-corrected chi connectivity index (χ4v) is 3.12. The first-order valence-electron chi connectivity index (χ1n) is 7.47. The average molecular weight is 252 g/mol. The van der Waals surface area contributed by atoms with Crippen LogP contribution in [0.25, 0.3) is 0 Å². The first kappa shape index (κ1) is 12.4. The summed E-state index contributed by atoms with van der Waals surface area (Å²) in [7, 11) is 0. The summed E-state index contributed by atoms with van der Waals surface area (Å²) in [5.41, 5.74) is 0. The maximum Gasteiger partial charge on any atom is 0.251 e. The number of ether oxygens (including phenoxy) is 1. The smallest absolute Gasteiger partial charge is 0.251 e. The van der Waals surface area contributed by atoms with Crippen molar-refractivity contribution in [3.05, 3.63) is 0 Å². The van der Waals surface area contributed by atoms with Crippen LogP contribution in [0.5, 0.6) is 0 Å². The zero-order valence-corrected chi connectivity index (χ0v) is 11.1. The van der Waals surface area contributed by atoms with Crippen LogP contribution in [0, 0.1) is 5.92 Å². The summed E-state index contributed by atoms with van der Waals surface area (Å²) in [5.74, 6) is 0.908. The molecule has 18 heavy (non-hydrogen) atoms. The summed E-state index contributed by atoms with van der Waals surface area (Å²) < 4.78 is 5.56.